The van der Waals surface area contributed by atoms with Crippen molar-refractivity contribution in [1.82, 2.24) is 5.32 Å². The molecule has 0 aromatic heterocycles. The maximum absolute atomic E-state index is 14.1. The molecule has 1 atom stereocenters. The first-order valence-corrected chi connectivity index (χ1v) is 4.99. The van der Waals surface area contributed by atoms with Crippen molar-refractivity contribution in [2.75, 3.05) is 13.1 Å². The molecule has 2 rings (SSSR count). The van der Waals surface area contributed by atoms with E-state index in [1.807, 2.05) is 0 Å². The molecule has 1 fully saturated rings. The van der Waals surface area contributed by atoms with Crippen molar-refractivity contribution in [3.63, 3.8) is 0 Å². The summed E-state index contributed by atoms with van der Waals surface area (Å²) in [5.74, 6) is 0. The van der Waals surface area contributed by atoms with E-state index in [0.717, 1.165) is 12.1 Å². The van der Waals surface area contributed by atoms with Gasteiger partial charge in [-0.3, -0.25) is 0 Å². The first-order chi connectivity index (χ1) is 7.42. The zero-order valence-corrected chi connectivity index (χ0v) is 8.44. The molecule has 1 aliphatic rings. The Bertz CT molecular complexity index is 363. The van der Waals surface area contributed by atoms with E-state index in [-0.39, 0.29) is 6.54 Å². The lowest BCUT2D eigenvalue weighted by atomic mass is 9.94. The van der Waals surface area contributed by atoms with E-state index in [1.54, 1.807) is 0 Å². The van der Waals surface area contributed by atoms with Crippen LogP contribution < -0.4 is 5.32 Å². The van der Waals surface area contributed by atoms with E-state index in [9.17, 15) is 17.6 Å². The molecule has 5 heteroatoms. The Hall–Kier alpha value is -1.10. The van der Waals surface area contributed by atoms with Gasteiger partial charge in [-0.15, -0.1) is 0 Å². The lowest BCUT2D eigenvalue weighted by molar-refractivity contribution is -0.137. The maximum Gasteiger partial charge on any atom is 0.416 e. The van der Waals surface area contributed by atoms with Gasteiger partial charge < -0.3 is 5.32 Å². The fourth-order valence-corrected chi connectivity index (χ4v) is 1.87. The Morgan fingerprint density at radius 1 is 1.12 bits per heavy atom. The first kappa shape index (κ1) is 11.4. The zero-order valence-electron chi connectivity index (χ0n) is 8.44. The molecule has 0 spiro atoms. The smallest absolute Gasteiger partial charge is 0.313 e. The number of benzene rings is 1. The largest absolute Gasteiger partial charge is 0.416 e. The summed E-state index contributed by atoms with van der Waals surface area (Å²) in [5.41, 5.74) is -1.96. The standard InChI is InChI=1S/C11H11F4N/c12-10(5-6-16-7-10)8-1-3-9(4-2-8)11(13,14)15/h1-4,16H,5-7H2. The van der Waals surface area contributed by atoms with Crippen molar-refractivity contribution in [1.29, 1.82) is 0 Å². The molecule has 0 bridgehead atoms. The molecule has 1 saturated heterocycles. The quantitative estimate of drug-likeness (QED) is 0.735. The number of alkyl halides is 4. The third-order valence-electron chi connectivity index (χ3n) is 2.83. The van der Waals surface area contributed by atoms with Gasteiger partial charge in [0.15, 0.2) is 0 Å². The zero-order chi connectivity index (χ0) is 11.8. The number of rotatable bonds is 1. The minimum atomic E-state index is -4.37. The van der Waals surface area contributed by atoms with E-state index >= 15 is 0 Å². The third-order valence-corrected chi connectivity index (χ3v) is 2.83. The van der Waals surface area contributed by atoms with E-state index in [0.29, 0.717) is 18.5 Å². The van der Waals surface area contributed by atoms with Gasteiger partial charge in [-0.25, -0.2) is 4.39 Å². The Balaban J connectivity index is 2.26. The molecule has 88 valence electrons. The molecule has 1 aromatic rings. The van der Waals surface area contributed by atoms with Crippen LogP contribution in [0.4, 0.5) is 17.6 Å². The summed E-state index contributed by atoms with van der Waals surface area (Å²) >= 11 is 0. The molecule has 16 heavy (non-hydrogen) atoms. The van der Waals surface area contributed by atoms with Gasteiger partial charge in [-0.05, 0) is 30.7 Å². The third kappa shape index (κ3) is 2.04. The lowest BCUT2D eigenvalue weighted by Gasteiger charge is -2.19. The van der Waals surface area contributed by atoms with Crippen molar-refractivity contribution in [3.05, 3.63) is 35.4 Å². The van der Waals surface area contributed by atoms with Crippen LogP contribution in [0.25, 0.3) is 0 Å². The summed E-state index contributed by atoms with van der Waals surface area (Å²) < 4.78 is 51.0. The van der Waals surface area contributed by atoms with Crippen LogP contribution in [0.5, 0.6) is 0 Å². The van der Waals surface area contributed by atoms with Crippen LogP contribution in [0, 0.1) is 0 Å². The van der Waals surface area contributed by atoms with Crippen molar-refractivity contribution in [2.24, 2.45) is 0 Å². The molecular formula is C11H11F4N. The summed E-state index contributed by atoms with van der Waals surface area (Å²) in [5, 5.41) is 2.86. The Morgan fingerprint density at radius 2 is 1.75 bits per heavy atom. The molecule has 0 radical (unpaired) electrons. The molecule has 1 unspecified atom stereocenters. The summed E-state index contributed by atoms with van der Waals surface area (Å²) in [6, 6.07) is 4.29. The van der Waals surface area contributed by atoms with Crippen LogP contribution in [0.15, 0.2) is 24.3 Å². The van der Waals surface area contributed by atoms with Gasteiger partial charge in [0.1, 0.15) is 5.67 Å². The highest BCUT2D eigenvalue weighted by Crippen LogP contribution is 2.35. The highest BCUT2D eigenvalue weighted by Gasteiger charge is 2.36. The summed E-state index contributed by atoms with van der Waals surface area (Å²) in [6.45, 7) is 0.718. The topological polar surface area (TPSA) is 12.0 Å². The average molecular weight is 233 g/mol. The molecular weight excluding hydrogens is 222 g/mol. The maximum atomic E-state index is 14.1. The second-order valence-corrected chi connectivity index (χ2v) is 3.97. The van der Waals surface area contributed by atoms with E-state index in [4.69, 9.17) is 0 Å². The number of hydrogen-bond acceptors (Lipinski definition) is 1. The van der Waals surface area contributed by atoms with Crippen LogP contribution in [-0.2, 0) is 11.8 Å². The molecule has 0 amide bonds. The number of nitrogens with one attached hydrogen (secondary N) is 1. The van der Waals surface area contributed by atoms with E-state index in [2.05, 4.69) is 5.32 Å². The lowest BCUT2D eigenvalue weighted by Crippen LogP contribution is -2.23. The Morgan fingerprint density at radius 3 is 2.19 bits per heavy atom. The Labute approximate surface area is 90.5 Å². The molecule has 0 saturated carbocycles. The van der Waals surface area contributed by atoms with Crippen LogP contribution in [-0.4, -0.2) is 13.1 Å². The predicted octanol–water partition coefficient (Wildman–Crippen LogP) is 2.86. The minimum Gasteiger partial charge on any atom is -0.313 e. The minimum absolute atomic E-state index is 0.165. The van der Waals surface area contributed by atoms with Gasteiger partial charge in [0, 0.05) is 6.54 Å². The van der Waals surface area contributed by atoms with Crippen molar-refractivity contribution >= 4 is 0 Å². The fourth-order valence-electron chi connectivity index (χ4n) is 1.87. The van der Waals surface area contributed by atoms with Crippen LogP contribution in [0.1, 0.15) is 17.5 Å². The molecule has 1 aliphatic heterocycles. The molecule has 1 N–H and O–H groups in total. The van der Waals surface area contributed by atoms with Crippen molar-refractivity contribution in [2.45, 2.75) is 18.3 Å². The van der Waals surface area contributed by atoms with Crippen LogP contribution in [0.3, 0.4) is 0 Å². The number of hydrogen-bond donors (Lipinski definition) is 1. The van der Waals surface area contributed by atoms with Crippen LogP contribution >= 0.6 is 0 Å². The van der Waals surface area contributed by atoms with E-state index < -0.39 is 17.4 Å². The normalized spacial score (nSPS) is 26.0. The van der Waals surface area contributed by atoms with Gasteiger partial charge in [-0.1, -0.05) is 12.1 Å². The van der Waals surface area contributed by atoms with Gasteiger partial charge in [-0.2, -0.15) is 13.2 Å². The van der Waals surface area contributed by atoms with Gasteiger partial charge in [0.2, 0.25) is 0 Å². The SMILES string of the molecule is FC(F)(F)c1ccc(C2(F)CCNC2)cc1. The van der Waals surface area contributed by atoms with Crippen molar-refractivity contribution < 1.29 is 17.6 Å². The van der Waals surface area contributed by atoms with Crippen LogP contribution in [0.2, 0.25) is 0 Å². The molecule has 1 aromatic carbocycles. The van der Waals surface area contributed by atoms with Gasteiger partial charge >= 0.3 is 6.18 Å². The first-order valence-electron chi connectivity index (χ1n) is 4.99. The number of halogens is 4. The van der Waals surface area contributed by atoms with Crippen molar-refractivity contribution in [3.8, 4) is 0 Å². The predicted molar refractivity (Wildman–Crippen MR) is 51.7 cm³/mol. The molecule has 1 heterocycles. The highest BCUT2D eigenvalue weighted by molar-refractivity contribution is 5.29. The second kappa shape index (κ2) is 3.73. The Kier molecular flexibility index (Phi) is 2.66. The molecule has 1 nitrogen and oxygen atoms in total. The monoisotopic (exact) mass is 233 g/mol. The summed E-state index contributed by atoms with van der Waals surface area (Å²) in [4.78, 5) is 0. The highest BCUT2D eigenvalue weighted by atomic mass is 19.4. The summed E-state index contributed by atoms with van der Waals surface area (Å²) in [6.07, 6.45) is -4.06. The second-order valence-electron chi connectivity index (χ2n) is 3.97. The van der Waals surface area contributed by atoms with Gasteiger partial charge in [0.05, 0.1) is 5.56 Å². The van der Waals surface area contributed by atoms with Gasteiger partial charge in [0.25, 0.3) is 0 Å². The fraction of sp³-hybridized carbons (Fsp3) is 0.455. The summed E-state index contributed by atoms with van der Waals surface area (Å²) in [7, 11) is 0. The molecule has 0 aliphatic carbocycles. The average Bonchev–Trinajstić information content (AvgIpc) is 2.66. The van der Waals surface area contributed by atoms with E-state index in [1.165, 1.54) is 12.1 Å².